The molecule has 1 radical (unpaired) electrons. The molecular weight excluding hydrogens is 1090 g/mol. The van der Waals surface area contributed by atoms with E-state index < -0.39 is 32.9 Å². The smallest absolute Gasteiger partial charge is 0.668 e. The van der Waals surface area contributed by atoms with Crippen molar-refractivity contribution >= 4 is 54.7 Å². The summed E-state index contributed by atoms with van der Waals surface area (Å²) in [6.07, 6.45) is 0. The summed E-state index contributed by atoms with van der Waals surface area (Å²) in [4.78, 5) is 8.48. The van der Waals surface area contributed by atoms with Gasteiger partial charge in [0.25, 0.3) is 0 Å². The first-order chi connectivity index (χ1) is 31.4. The first-order valence-corrected chi connectivity index (χ1v) is 38.4. The van der Waals surface area contributed by atoms with Crippen LogP contribution >= 0.6 is 0 Å². The molecule has 3 aromatic heterocycles. The topological polar surface area (TPSA) is 130 Å². The molecule has 0 aliphatic carbocycles. The van der Waals surface area contributed by atoms with Gasteiger partial charge >= 0.3 is 46.9 Å². The van der Waals surface area contributed by atoms with Crippen LogP contribution in [0.15, 0.2) is 84.9 Å². The van der Waals surface area contributed by atoms with Crippen molar-refractivity contribution in [3.05, 3.63) is 116 Å². The Kier molecular flexibility index (Phi) is 23.4. The van der Waals surface area contributed by atoms with Crippen molar-refractivity contribution in [2.24, 2.45) is 0 Å². The monoisotopic (exact) mass is 1180 g/mol. The summed E-state index contributed by atoms with van der Waals surface area (Å²) in [7, 11) is -4.42. The largest absolute Gasteiger partial charge is 3.00 e. The Hall–Kier alpha value is -2.87. The molecule has 0 aliphatic rings. The molecule has 4 aromatic carbocycles. The Balaban J connectivity index is 0.000000409. The first kappa shape index (κ1) is 63.2. The van der Waals surface area contributed by atoms with Gasteiger partial charge in [0.2, 0.25) is 11.6 Å². The van der Waals surface area contributed by atoms with Crippen LogP contribution in [0.2, 0.25) is 78.6 Å². The van der Waals surface area contributed by atoms with Crippen molar-refractivity contribution in [2.75, 3.05) is 0 Å². The molecule has 0 aliphatic heterocycles. The van der Waals surface area contributed by atoms with Gasteiger partial charge in [-0.1, -0.05) is 237 Å². The molecule has 0 spiro atoms. The quantitative estimate of drug-likeness (QED) is 0.139. The van der Waals surface area contributed by atoms with Gasteiger partial charge in [-0.15, -0.1) is 31.4 Å². The molecule has 0 amide bonds. The van der Waals surface area contributed by atoms with E-state index in [0.717, 1.165) is 32.9 Å². The summed E-state index contributed by atoms with van der Waals surface area (Å²) in [5.41, 5.74) is 8.35. The number of aryl methyl sites for hydroxylation is 2. The molecule has 0 fully saturated rings. The zero-order valence-electron chi connectivity index (χ0n) is 47.4. The number of fused-ring (bicyclic) bond motifs is 3. The van der Waals surface area contributed by atoms with Crippen LogP contribution in [0.25, 0.3) is 53.9 Å². The third-order valence-corrected chi connectivity index (χ3v) is 20.7. The molecular formula is C54H88N11Si4Yb. The van der Waals surface area contributed by atoms with E-state index in [4.69, 9.17) is 24.5 Å². The summed E-state index contributed by atoms with van der Waals surface area (Å²) in [6, 6.07) is 29.6. The van der Waals surface area contributed by atoms with Crippen LogP contribution in [0.4, 0.5) is 0 Å². The predicted octanol–water partition coefficient (Wildman–Crippen LogP) is 16.1. The van der Waals surface area contributed by atoms with Gasteiger partial charge < -0.3 is 14.3 Å². The van der Waals surface area contributed by atoms with E-state index in [9.17, 15) is 0 Å². The summed E-state index contributed by atoms with van der Waals surface area (Å²) in [6.45, 7) is 53.2. The standard InChI is InChI=1S/C28H36N9.2C7H8.2C6H18NSi2.Yb/c1-15(2)36-32-25(30-34-36)21-13-17(27(5,6)7)11-19-20-12-18(28(8,9)10)14-22(24(20)29-23(19)21)26-31-35-37(33-26)16(3)4;2*1-7-5-3-2-4-6-7;2*1-8(2,3)7-9(4,5)6;/h11-16H,1-10H3;2*2-6H,1H3;2*1-6H3;/q-1;;;2*-1;+3. The number of benzene rings is 4. The number of rotatable bonds is 8. The third-order valence-electron chi connectivity index (χ3n) is 9.95. The molecule has 0 atom stereocenters. The second-order valence-corrected chi connectivity index (χ2v) is 43.9. The number of hydrogen-bond acceptors (Lipinski definition) is 6. The molecule has 389 valence electrons. The van der Waals surface area contributed by atoms with E-state index in [0.29, 0.717) is 11.6 Å². The molecule has 0 saturated heterocycles. The van der Waals surface area contributed by atoms with Gasteiger partial charge in [0.1, 0.15) is 0 Å². The van der Waals surface area contributed by atoms with Crippen LogP contribution in [0, 0.1) is 60.8 Å². The number of tetrazole rings is 2. The minimum Gasteiger partial charge on any atom is -0.668 e. The average Bonchev–Trinajstić information content (AvgIpc) is 3.95. The second kappa shape index (κ2) is 25.9. The molecule has 11 nitrogen and oxygen atoms in total. The van der Waals surface area contributed by atoms with Crippen LogP contribution in [-0.2, 0) is 10.8 Å². The van der Waals surface area contributed by atoms with E-state index in [1.807, 2.05) is 64.1 Å². The van der Waals surface area contributed by atoms with Crippen LogP contribution in [0.5, 0.6) is 0 Å². The maximum Gasteiger partial charge on any atom is 3.00 e. The molecule has 7 aromatic rings. The van der Waals surface area contributed by atoms with Gasteiger partial charge in [-0.05, 0) is 96.8 Å². The number of hydrogen-bond donors (Lipinski definition) is 0. The molecule has 16 heteroatoms. The fourth-order valence-corrected chi connectivity index (χ4v) is 23.5. The Morgan fingerprint density at radius 3 is 0.943 bits per heavy atom. The summed E-state index contributed by atoms with van der Waals surface area (Å²) < 4.78 is 9.64. The molecule has 0 bridgehead atoms. The maximum atomic E-state index is 5.19. The SMILES string of the molecule is CC(C)n1nnc(-c2cc(C(C)(C)C)cc3c2[n-]c2c(-c4nnn(C(C)C)n4)cc(C(C)(C)C)cc23)n1.C[Si](C)(C)[N-][Si](C)(C)C.C[Si](C)(C)[N-][Si](C)(C)C.Cc1ccccc1.Cc1ccccc1.[Yb+3]. The average molecular weight is 1180 g/mol. The Bertz CT molecular complexity index is 2450. The Morgan fingerprint density at radius 1 is 0.471 bits per heavy atom. The van der Waals surface area contributed by atoms with Gasteiger partial charge in [-0.3, -0.25) is 0 Å². The molecule has 7 rings (SSSR count). The second-order valence-electron chi connectivity index (χ2n) is 24.7. The summed E-state index contributed by atoms with van der Waals surface area (Å²) in [5.74, 6) is 1.16. The molecule has 0 saturated carbocycles. The fourth-order valence-electron chi connectivity index (χ4n) is 7.42. The maximum absolute atomic E-state index is 5.19. The van der Waals surface area contributed by atoms with Crippen LogP contribution < -0.4 is 4.98 Å². The first-order valence-electron chi connectivity index (χ1n) is 24.6. The van der Waals surface area contributed by atoms with Gasteiger partial charge in [0, 0.05) is 11.1 Å². The van der Waals surface area contributed by atoms with Gasteiger partial charge in [-0.2, -0.15) is 9.59 Å². The van der Waals surface area contributed by atoms with Crippen molar-refractivity contribution < 1.29 is 46.9 Å². The summed E-state index contributed by atoms with van der Waals surface area (Å²) in [5, 5.41) is 29.0. The summed E-state index contributed by atoms with van der Waals surface area (Å²) >= 11 is 0. The normalized spacial score (nSPS) is 12.3. The number of nitrogens with zero attached hydrogens (tertiary/aromatic N) is 11. The van der Waals surface area contributed by atoms with Crippen LogP contribution in [-0.4, -0.2) is 73.4 Å². The third kappa shape index (κ3) is 21.7. The zero-order valence-corrected chi connectivity index (χ0v) is 53.1. The van der Waals surface area contributed by atoms with Crippen molar-refractivity contribution in [2.45, 2.75) is 185 Å². The minimum atomic E-state index is -1.11. The van der Waals surface area contributed by atoms with Crippen molar-refractivity contribution in [3.8, 4) is 22.8 Å². The van der Waals surface area contributed by atoms with Crippen molar-refractivity contribution in [3.63, 3.8) is 0 Å². The van der Waals surface area contributed by atoms with Crippen molar-refractivity contribution in [1.82, 2.24) is 45.4 Å². The molecule has 3 heterocycles. The Labute approximate surface area is 466 Å². The minimum absolute atomic E-state index is 0. The van der Waals surface area contributed by atoms with Gasteiger partial charge in [-0.25, -0.2) is 0 Å². The van der Waals surface area contributed by atoms with E-state index in [1.54, 1.807) is 9.59 Å². The van der Waals surface area contributed by atoms with Crippen LogP contribution in [0.3, 0.4) is 0 Å². The molecule has 70 heavy (non-hydrogen) atoms. The zero-order chi connectivity index (χ0) is 52.5. The van der Waals surface area contributed by atoms with E-state index >= 15 is 0 Å². The molecule has 0 unspecified atom stereocenters. The fraction of sp³-hybridized carbons (Fsp3) is 0.519. The van der Waals surface area contributed by atoms with Crippen LogP contribution in [0.1, 0.15) is 104 Å². The van der Waals surface area contributed by atoms with E-state index in [1.165, 1.54) is 22.3 Å². The van der Waals surface area contributed by atoms with E-state index in [2.05, 4.69) is 203 Å². The number of aromatic nitrogens is 9. The van der Waals surface area contributed by atoms with Gasteiger partial charge in [0.15, 0.2) is 0 Å². The van der Waals surface area contributed by atoms with E-state index in [-0.39, 0.29) is 69.8 Å². The van der Waals surface area contributed by atoms with Gasteiger partial charge in [0.05, 0.1) is 12.1 Å². The van der Waals surface area contributed by atoms with Crippen molar-refractivity contribution in [1.29, 1.82) is 0 Å². The molecule has 0 N–H and O–H groups in total. The predicted molar refractivity (Wildman–Crippen MR) is 309 cm³/mol. The Morgan fingerprint density at radius 2 is 0.757 bits per heavy atom.